The summed E-state index contributed by atoms with van der Waals surface area (Å²) in [5.74, 6) is 1.09. The molecule has 2 rings (SSSR count). The van der Waals surface area contributed by atoms with Gasteiger partial charge in [0.1, 0.15) is 5.82 Å². The minimum Gasteiger partial charge on any atom is -0.338 e. The fraction of sp³-hybridized carbons (Fsp3) is 0.500. The molecule has 5 heteroatoms. The van der Waals surface area contributed by atoms with Gasteiger partial charge in [0.15, 0.2) is 0 Å². The summed E-state index contributed by atoms with van der Waals surface area (Å²) in [7, 11) is 3.97. The summed E-state index contributed by atoms with van der Waals surface area (Å²) in [6.07, 6.45) is 8.70. The molecule has 0 radical (unpaired) electrons. The molecule has 0 aliphatic carbocycles. The Labute approximate surface area is 101 Å². The van der Waals surface area contributed by atoms with Crippen LogP contribution in [0.5, 0.6) is 0 Å². The number of nitrogens with zero attached hydrogens (tertiary/aromatic N) is 4. The number of nitrogens with one attached hydrogen (secondary N) is 1. The number of hydrogen-bond donors (Lipinski definition) is 1. The predicted octanol–water partition coefficient (Wildman–Crippen LogP) is 1.14. The lowest BCUT2D eigenvalue weighted by Gasteiger charge is -2.06. The Balaban J connectivity index is 1.96. The van der Waals surface area contributed by atoms with Crippen molar-refractivity contribution in [2.24, 2.45) is 7.05 Å². The fourth-order valence-electron chi connectivity index (χ4n) is 1.74. The molecule has 0 saturated heterocycles. The van der Waals surface area contributed by atoms with Crippen molar-refractivity contribution in [2.45, 2.75) is 25.9 Å². The van der Waals surface area contributed by atoms with Crippen molar-refractivity contribution in [3.8, 4) is 0 Å². The highest BCUT2D eigenvalue weighted by Gasteiger charge is 2.06. The smallest absolute Gasteiger partial charge is 0.110 e. The molecule has 0 aliphatic heterocycles. The highest BCUT2D eigenvalue weighted by atomic mass is 15.3. The van der Waals surface area contributed by atoms with Crippen LogP contribution in [-0.2, 0) is 20.0 Å². The van der Waals surface area contributed by atoms with E-state index >= 15 is 0 Å². The van der Waals surface area contributed by atoms with E-state index in [9.17, 15) is 0 Å². The van der Waals surface area contributed by atoms with Gasteiger partial charge in [-0.05, 0) is 14.0 Å². The van der Waals surface area contributed by atoms with Crippen molar-refractivity contribution in [1.29, 1.82) is 0 Å². The molecule has 5 nitrogen and oxygen atoms in total. The zero-order valence-electron chi connectivity index (χ0n) is 10.6. The third-order valence-electron chi connectivity index (χ3n) is 3.07. The summed E-state index contributed by atoms with van der Waals surface area (Å²) in [6.45, 7) is 2.99. The van der Waals surface area contributed by atoms with Crippen molar-refractivity contribution in [1.82, 2.24) is 24.6 Å². The van der Waals surface area contributed by atoms with Gasteiger partial charge in [0, 0.05) is 50.2 Å². The minimum atomic E-state index is 0.344. The van der Waals surface area contributed by atoms with Crippen molar-refractivity contribution in [2.75, 3.05) is 7.05 Å². The van der Waals surface area contributed by atoms with Crippen LogP contribution in [0.4, 0.5) is 0 Å². The normalized spacial score (nSPS) is 12.9. The van der Waals surface area contributed by atoms with Gasteiger partial charge in [-0.1, -0.05) is 0 Å². The van der Waals surface area contributed by atoms with Gasteiger partial charge in [-0.15, -0.1) is 0 Å². The molecule has 2 aromatic rings. The second-order valence-corrected chi connectivity index (χ2v) is 4.25. The van der Waals surface area contributed by atoms with Gasteiger partial charge in [-0.2, -0.15) is 5.10 Å². The summed E-state index contributed by atoms with van der Waals surface area (Å²) in [5, 5.41) is 7.56. The largest absolute Gasteiger partial charge is 0.338 e. The first-order chi connectivity index (χ1) is 8.20. The number of aromatic nitrogens is 4. The highest BCUT2D eigenvalue weighted by Crippen LogP contribution is 2.10. The standard InChI is InChI=1S/C12H19N5/c1-10(13-2)11-8-15-17(9-11)6-4-12-14-5-7-16(12)3/h5,7-10,13H,4,6H2,1-3H3. The predicted molar refractivity (Wildman–Crippen MR) is 66.6 cm³/mol. The Morgan fingerprint density at radius 3 is 2.94 bits per heavy atom. The molecule has 0 amide bonds. The van der Waals surface area contributed by atoms with Crippen LogP contribution in [0.1, 0.15) is 24.4 Å². The van der Waals surface area contributed by atoms with Gasteiger partial charge in [-0.25, -0.2) is 4.98 Å². The fourth-order valence-corrected chi connectivity index (χ4v) is 1.74. The van der Waals surface area contributed by atoms with E-state index in [0.29, 0.717) is 6.04 Å². The van der Waals surface area contributed by atoms with Gasteiger partial charge in [0.05, 0.1) is 6.20 Å². The highest BCUT2D eigenvalue weighted by molar-refractivity contribution is 5.09. The molecular formula is C12H19N5. The third kappa shape index (κ3) is 2.74. The summed E-state index contributed by atoms with van der Waals surface area (Å²) in [4.78, 5) is 4.30. The van der Waals surface area contributed by atoms with E-state index in [1.807, 2.05) is 41.9 Å². The van der Waals surface area contributed by atoms with E-state index < -0.39 is 0 Å². The first kappa shape index (κ1) is 11.9. The second kappa shape index (κ2) is 5.14. The Hall–Kier alpha value is -1.62. The average molecular weight is 233 g/mol. The van der Waals surface area contributed by atoms with E-state index in [1.54, 1.807) is 0 Å². The number of aryl methyl sites for hydroxylation is 3. The molecule has 2 aromatic heterocycles. The first-order valence-corrected chi connectivity index (χ1v) is 5.86. The van der Waals surface area contributed by atoms with Crippen LogP contribution in [0.3, 0.4) is 0 Å². The van der Waals surface area contributed by atoms with E-state index in [0.717, 1.165) is 18.8 Å². The molecule has 2 heterocycles. The first-order valence-electron chi connectivity index (χ1n) is 5.86. The molecule has 1 N–H and O–H groups in total. The van der Waals surface area contributed by atoms with Crippen LogP contribution in [-0.4, -0.2) is 26.4 Å². The average Bonchev–Trinajstić information content (AvgIpc) is 2.94. The summed E-state index contributed by atoms with van der Waals surface area (Å²) in [5.41, 5.74) is 1.22. The molecule has 92 valence electrons. The Morgan fingerprint density at radius 2 is 2.29 bits per heavy atom. The van der Waals surface area contributed by atoms with Crippen molar-refractivity contribution < 1.29 is 0 Å². The second-order valence-electron chi connectivity index (χ2n) is 4.25. The van der Waals surface area contributed by atoms with Crippen molar-refractivity contribution >= 4 is 0 Å². The van der Waals surface area contributed by atoms with E-state index in [2.05, 4.69) is 28.5 Å². The summed E-state index contributed by atoms with van der Waals surface area (Å²) < 4.78 is 4.01. The van der Waals surface area contributed by atoms with Gasteiger partial charge < -0.3 is 9.88 Å². The molecule has 1 unspecified atom stereocenters. The minimum absolute atomic E-state index is 0.344. The van der Waals surface area contributed by atoms with Crippen LogP contribution in [0.15, 0.2) is 24.8 Å². The Morgan fingerprint density at radius 1 is 1.47 bits per heavy atom. The lowest BCUT2D eigenvalue weighted by molar-refractivity contribution is 0.586. The lowest BCUT2D eigenvalue weighted by atomic mass is 10.2. The van der Waals surface area contributed by atoms with Crippen LogP contribution in [0, 0.1) is 0 Å². The summed E-state index contributed by atoms with van der Waals surface area (Å²) >= 11 is 0. The topological polar surface area (TPSA) is 47.7 Å². The van der Waals surface area contributed by atoms with E-state index in [1.165, 1.54) is 5.56 Å². The molecule has 0 fully saturated rings. The zero-order valence-corrected chi connectivity index (χ0v) is 10.6. The van der Waals surface area contributed by atoms with Gasteiger partial charge in [0.2, 0.25) is 0 Å². The Kier molecular flexibility index (Phi) is 3.58. The molecule has 1 atom stereocenters. The molecule has 17 heavy (non-hydrogen) atoms. The van der Waals surface area contributed by atoms with E-state index in [4.69, 9.17) is 0 Å². The van der Waals surface area contributed by atoms with Gasteiger partial charge in [0.25, 0.3) is 0 Å². The van der Waals surface area contributed by atoms with Crippen LogP contribution < -0.4 is 5.32 Å². The maximum atomic E-state index is 4.35. The van der Waals surface area contributed by atoms with Gasteiger partial charge >= 0.3 is 0 Å². The van der Waals surface area contributed by atoms with Crippen molar-refractivity contribution in [3.63, 3.8) is 0 Å². The Bertz CT molecular complexity index is 471. The summed E-state index contributed by atoms with van der Waals surface area (Å²) in [6, 6.07) is 0.344. The van der Waals surface area contributed by atoms with Gasteiger partial charge in [-0.3, -0.25) is 4.68 Å². The van der Waals surface area contributed by atoms with E-state index in [-0.39, 0.29) is 0 Å². The molecule has 0 spiro atoms. The SMILES string of the molecule is CNC(C)c1cnn(CCc2nccn2C)c1. The quantitative estimate of drug-likeness (QED) is 0.842. The molecule has 0 aliphatic rings. The molecule has 0 bridgehead atoms. The third-order valence-corrected chi connectivity index (χ3v) is 3.07. The molecule has 0 saturated carbocycles. The maximum Gasteiger partial charge on any atom is 0.110 e. The van der Waals surface area contributed by atoms with Crippen LogP contribution in [0.25, 0.3) is 0 Å². The van der Waals surface area contributed by atoms with Crippen molar-refractivity contribution in [3.05, 3.63) is 36.2 Å². The van der Waals surface area contributed by atoms with Crippen LogP contribution >= 0.6 is 0 Å². The number of hydrogen-bond acceptors (Lipinski definition) is 3. The molecule has 0 aromatic carbocycles. The number of rotatable bonds is 5. The monoisotopic (exact) mass is 233 g/mol. The zero-order chi connectivity index (χ0) is 12.3. The van der Waals surface area contributed by atoms with Crippen LogP contribution in [0.2, 0.25) is 0 Å². The maximum absolute atomic E-state index is 4.35. The number of imidazole rings is 1. The molecular weight excluding hydrogens is 214 g/mol. The lowest BCUT2D eigenvalue weighted by Crippen LogP contribution is -2.11.